The molecule has 0 unspecified atom stereocenters. The van der Waals surface area contributed by atoms with Crippen molar-refractivity contribution in [2.45, 2.75) is 20.8 Å². The summed E-state index contributed by atoms with van der Waals surface area (Å²) in [5, 5.41) is 4.41. The van der Waals surface area contributed by atoms with Crippen LogP contribution in [0.3, 0.4) is 0 Å². The Kier molecular flexibility index (Phi) is 3.57. The molecule has 3 heteroatoms. The van der Waals surface area contributed by atoms with E-state index in [9.17, 15) is 0 Å². The van der Waals surface area contributed by atoms with Crippen LogP contribution in [0.5, 0.6) is 0 Å². The van der Waals surface area contributed by atoms with Gasteiger partial charge in [0.15, 0.2) is 5.82 Å². The van der Waals surface area contributed by atoms with Gasteiger partial charge in [-0.25, -0.2) is 9.97 Å². The van der Waals surface area contributed by atoms with E-state index in [4.69, 9.17) is 9.97 Å². The van der Waals surface area contributed by atoms with Crippen molar-refractivity contribution in [3.8, 4) is 11.4 Å². The lowest BCUT2D eigenvalue weighted by atomic mass is 10.0. The Morgan fingerprint density at radius 3 is 2.33 bits per heavy atom. The predicted octanol–water partition coefficient (Wildman–Crippen LogP) is 4.35. The molecule has 0 radical (unpaired) electrons. The van der Waals surface area contributed by atoms with Crippen molar-refractivity contribution in [2.75, 3.05) is 11.9 Å². The normalized spacial score (nSPS) is 10.8. The third kappa shape index (κ3) is 2.47. The molecule has 0 bridgehead atoms. The number of hydrogen-bond acceptors (Lipinski definition) is 3. The number of fused-ring (bicyclic) bond motifs is 1. The van der Waals surface area contributed by atoms with Crippen LogP contribution in [0.15, 0.2) is 42.5 Å². The highest BCUT2D eigenvalue weighted by molar-refractivity contribution is 5.90. The second kappa shape index (κ2) is 5.52. The van der Waals surface area contributed by atoms with Gasteiger partial charge in [0.2, 0.25) is 0 Å². The molecule has 3 rings (SSSR count). The van der Waals surface area contributed by atoms with Gasteiger partial charge in [-0.3, -0.25) is 0 Å². The number of benzene rings is 2. The number of anilines is 1. The van der Waals surface area contributed by atoms with Crippen LogP contribution in [0, 0.1) is 13.8 Å². The third-order valence-corrected chi connectivity index (χ3v) is 3.65. The lowest BCUT2D eigenvalue weighted by Gasteiger charge is -2.12. The zero-order chi connectivity index (χ0) is 14.8. The Labute approximate surface area is 125 Å². The summed E-state index contributed by atoms with van der Waals surface area (Å²) in [6.45, 7) is 7.13. The molecule has 0 spiro atoms. The number of rotatable bonds is 3. The highest BCUT2D eigenvalue weighted by Crippen LogP contribution is 2.28. The van der Waals surface area contributed by atoms with Crippen molar-refractivity contribution in [2.24, 2.45) is 0 Å². The number of nitrogens with one attached hydrogen (secondary N) is 1. The van der Waals surface area contributed by atoms with Crippen molar-refractivity contribution >= 4 is 16.7 Å². The maximum Gasteiger partial charge on any atom is 0.162 e. The zero-order valence-corrected chi connectivity index (χ0v) is 12.6. The van der Waals surface area contributed by atoms with Crippen LogP contribution in [-0.4, -0.2) is 16.5 Å². The minimum absolute atomic E-state index is 0.792. The highest BCUT2D eigenvalue weighted by Gasteiger charge is 2.12. The van der Waals surface area contributed by atoms with Gasteiger partial charge in [0.1, 0.15) is 5.82 Å². The number of aromatic nitrogens is 2. The Morgan fingerprint density at radius 1 is 0.905 bits per heavy atom. The molecular formula is C18H19N3. The summed E-state index contributed by atoms with van der Waals surface area (Å²) in [4.78, 5) is 9.52. The molecule has 1 aromatic heterocycles. The first-order chi connectivity index (χ1) is 10.2. The van der Waals surface area contributed by atoms with E-state index in [1.807, 2.05) is 18.2 Å². The Balaban J connectivity index is 2.29. The van der Waals surface area contributed by atoms with E-state index in [2.05, 4.69) is 50.4 Å². The summed E-state index contributed by atoms with van der Waals surface area (Å²) in [6.07, 6.45) is 0. The van der Waals surface area contributed by atoms with Crippen molar-refractivity contribution in [1.82, 2.24) is 9.97 Å². The van der Waals surface area contributed by atoms with E-state index in [-0.39, 0.29) is 0 Å². The Bertz CT molecular complexity index is 773. The summed E-state index contributed by atoms with van der Waals surface area (Å²) in [7, 11) is 0. The molecule has 0 saturated carbocycles. The highest BCUT2D eigenvalue weighted by atomic mass is 15.0. The zero-order valence-electron chi connectivity index (χ0n) is 12.6. The van der Waals surface area contributed by atoms with Crippen LogP contribution in [0.1, 0.15) is 18.1 Å². The molecule has 2 aromatic carbocycles. The van der Waals surface area contributed by atoms with E-state index in [1.165, 1.54) is 11.1 Å². The Morgan fingerprint density at radius 2 is 1.62 bits per heavy atom. The molecule has 0 aliphatic carbocycles. The van der Waals surface area contributed by atoms with Gasteiger partial charge in [-0.2, -0.15) is 0 Å². The van der Waals surface area contributed by atoms with Gasteiger partial charge in [-0.05, 0) is 44.0 Å². The molecule has 1 heterocycles. The van der Waals surface area contributed by atoms with Crippen LogP contribution in [0.25, 0.3) is 22.3 Å². The van der Waals surface area contributed by atoms with Crippen molar-refractivity contribution in [3.05, 3.63) is 53.6 Å². The van der Waals surface area contributed by atoms with Gasteiger partial charge in [-0.15, -0.1) is 0 Å². The van der Waals surface area contributed by atoms with Crippen molar-refractivity contribution in [3.63, 3.8) is 0 Å². The summed E-state index contributed by atoms with van der Waals surface area (Å²) < 4.78 is 0. The first-order valence-corrected chi connectivity index (χ1v) is 7.28. The smallest absolute Gasteiger partial charge is 0.162 e. The number of nitrogens with zero attached hydrogens (tertiary/aromatic N) is 2. The Hall–Kier alpha value is -2.42. The average molecular weight is 277 g/mol. The molecule has 0 amide bonds. The third-order valence-electron chi connectivity index (χ3n) is 3.65. The molecule has 21 heavy (non-hydrogen) atoms. The van der Waals surface area contributed by atoms with Crippen molar-refractivity contribution < 1.29 is 0 Å². The fourth-order valence-electron chi connectivity index (χ4n) is 2.66. The molecule has 0 saturated heterocycles. The number of aryl methyl sites for hydroxylation is 2. The number of para-hydroxylation sites is 1. The quantitative estimate of drug-likeness (QED) is 0.773. The monoisotopic (exact) mass is 277 g/mol. The van der Waals surface area contributed by atoms with E-state index in [1.54, 1.807) is 0 Å². The maximum absolute atomic E-state index is 4.76. The summed E-state index contributed by atoms with van der Waals surface area (Å²) >= 11 is 0. The lowest BCUT2D eigenvalue weighted by Crippen LogP contribution is -2.04. The molecule has 0 aliphatic rings. The summed E-state index contributed by atoms with van der Waals surface area (Å²) in [5.74, 6) is 1.70. The predicted molar refractivity (Wildman–Crippen MR) is 88.6 cm³/mol. The van der Waals surface area contributed by atoms with Crippen LogP contribution in [0.2, 0.25) is 0 Å². The standard InChI is InChI=1S/C18H19N3/c1-4-19-17-14-10-5-6-11-15(14)20-18(21-17)16-12(2)8-7-9-13(16)3/h5-11H,4H2,1-3H3,(H,19,20,21). The van der Waals surface area contributed by atoms with Gasteiger partial charge in [-0.1, -0.05) is 30.3 Å². The van der Waals surface area contributed by atoms with E-state index >= 15 is 0 Å². The van der Waals surface area contributed by atoms with Gasteiger partial charge in [0.25, 0.3) is 0 Å². The first kappa shape index (κ1) is 13.6. The second-order valence-corrected chi connectivity index (χ2v) is 5.21. The van der Waals surface area contributed by atoms with Crippen LogP contribution >= 0.6 is 0 Å². The molecule has 106 valence electrons. The molecular weight excluding hydrogens is 258 g/mol. The molecule has 0 aliphatic heterocycles. The second-order valence-electron chi connectivity index (χ2n) is 5.21. The van der Waals surface area contributed by atoms with E-state index in [0.29, 0.717) is 0 Å². The van der Waals surface area contributed by atoms with Gasteiger partial charge in [0.05, 0.1) is 5.52 Å². The average Bonchev–Trinajstić information content (AvgIpc) is 2.47. The first-order valence-electron chi connectivity index (χ1n) is 7.28. The molecule has 0 atom stereocenters. The molecule has 1 N–H and O–H groups in total. The van der Waals surface area contributed by atoms with Crippen molar-refractivity contribution in [1.29, 1.82) is 0 Å². The maximum atomic E-state index is 4.76. The number of hydrogen-bond donors (Lipinski definition) is 1. The molecule has 3 nitrogen and oxygen atoms in total. The minimum Gasteiger partial charge on any atom is -0.370 e. The summed E-state index contributed by atoms with van der Waals surface area (Å²) in [5.41, 5.74) is 4.50. The van der Waals surface area contributed by atoms with Crippen LogP contribution < -0.4 is 5.32 Å². The molecule has 3 aromatic rings. The topological polar surface area (TPSA) is 37.8 Å². The van der Waals surface area contributed by atoms with Gasteiger partial charge >= 0.3 is 0 Å². The minimum atomic E-state index is 0.792. The van der Waals surface area contributed by atoms with E-state index < -0.39 is 0 Å². The fraction of sp³-hybridized carbons (Fsp3) is 0.222. The lowest BCUT2D eigenvalue weighted by molar-refractivity contribution is 1.14. The van der Waals surface area contributed by atoms with E-state index in [0.717, 1.165) is 34.7 Å². The summed E-state index contributed by atoms with van der Waals surface area (Å²) in [6, 6.07) is 14.4. The van der Waals surface area contributed by atoms with Gasteiger partial charge in [0, 0.05) is 17.5 Å². The van der Waals surface area contributed by atoms with Crippen LogP contribution in [-0.2, 0) is 0 Å². The fourth-order valence-corrected chi connectivity index (χ4v) is 2.66. The SMILES string of the molecule is CCNc1nc(-c2c(C)cccc2C)nc2ccccc12. The molecule has 0 fully saturated rings. The van der Waals surface area contributed by atoms with Crippen LogP contribution in [0.4, 0.5) is 5.82 Å². The van der Waals surface area contributed by atoms with Gasteiger partial charge < -0.3 is 5.32 Å². The largest absolute Gasteiger partial charge is 0.370 e.